The Morgan fingerprint density at radius 1 is 1.00 bits per heavy atom. The van der Waals surface area contributed by atoms with E-state index in [4.69, 9.17) is 18.9 Å². The van der Waals surface area contributed by atoms with Crippen molar-refractivity contribution in [3.05, 3.63) is 54.1 Å². The minimum absolute atomic E-state index is 0.00391. The van der Waals surface area contributed by atoms with E-state index in [1.54, 1.807) is 36.4 Å². The normalized spacial score (nSPS) is 14.4. The summed E-state index contributed by atoms with van der Waals surface area (Å²) in [6, 6.07) is 14.1. The van der Waals surface area contributed by atoms with Gasteiger partial charge in [-0.25, -0.2) is 4.79 Å². The van der Waals surface area contributed by atoms with Gasteiger partial charge in [-0.05, 0) is 30.7 Å². The van der Waals surface area contributed by atoms with Crippen molar-refractivity contribution >= 4 is 17.8 Å². The second kappa shape index (κ2) is 9.45. The van der Waals surface area contributed by atoms with E-state index in [-0.39, 0.29) is 13.2 Å². The third-order valence-electron chi connectivity index (χ3n) is 3.93. The molecule has 0 bridgehead atoms. The fourth-order valence-corrected chi connectivity index (χ4v) is 2.44. The number of aryl methyl sites for hydroxylation is 1. The molecule has 9 heteroatoms. The number of benzene rings is 2. The predicted octanol–water partition coefficient (Wildman–Crippen LogP) is 0.904. The van der Waals surface area contributed by atoms with Gasteiger partial charge in [0.2, 0.25) is 6.10 Å². The molecule has 1 aliphatic rings. The smallest absolute Gasteiger partial charge is 0.344 e. The number of carbonyl (C=O) groups is 3. The molecule has 1 atom stereocenters. The van der Waals surface area contributed by atoms with Gasteiger partial charge in [0.05, 0.1) is 0 Å². The van der Waals surface area contributed by atoms with Crippen LogP contribution in [0.3, 0.4) is 0 Å². The van der Waals surface area contributed by atoms with Crippen molar-refractivity contribution in [3.63, 3.8) is 0 Å². The fraction of sp³-hybridized carbons (Fsp3) is 0.250. The van der Waals surface area contributed by atoms with Crippen molar-refractivity contribution in [3.8, 4) is 17.2 Å². The van der Waals surface area contributed by atoms with Crippen LogP contribution in [0.15, 0.2) is 48.5 Å². The van der Waals surface area contributed by atoms with Crippen LogP contribution in [-0.2, 0) is 19.1 Å². The highest BCUT2D eigenvalue weighted by Crippen LogP contribution is 2.30. The van der Waals surface area contributed by atoms with Gasteiger partial charge in [-0.1, -0.05) is 30.3 Å². The maximum atomic E-state index is 12.1. The minimum atomic E-state index is -0.921. The first kappa shape index (κ1) is 20.0. The number of hydrogen-bond acceptors (Lipinski definition) is 7. The predicted molar refractivity (Wildman–Crippen MR) is 100 cm³/mol. The van der Waals surface area contributed by atoms with E-state index in [1.165, 1.54) is 0 Å². The van der Waals surface area contributed by atoms with Crippen LogP contribution in [0.25, 0.3) is 0 Å². The summed E-state index contributed by atoms with van der Waals surface area (Å²) in [7, 11) is 0. The lowest BCUT2D eigenvalue weighted by molar-refractivity contribution is -0.151. The monoisotopic (exact) mass is 400 g/mol. The maximum Gasteiger partial charge on any atom is 0.344 e. The molecule has 0 unspecified atom stereocenters. The quantitative estimate of drug-likeness (QED) is 0.547. The molecule has 2 N–H and O–H groups in total. The fourth-order valence-electron chi connectivity index (χ4n) is 2.44. The number of para-hydroxylation sites is 3. The summed E-state index contributed by atoms with van der Waals surface area (Å²) < 4.78 is 21.1. The van der Waals surface area contributed by atoms with Crippen LogP contribution in [0, 0.1) is 6.92 Å². The van der Waals surface area contributed by atoms with Crippen molar-refractivity contribution in [2.75, 3.05) is 19.8 Å². The van der Waals surface area contributed by atoms with Crippen molar-refractivity contribution in [2.24, 2.45) is 0 Å². The van der Waals surface area contributed by atoms with Gasteiger partial charge in [-0.3, -0.25) is 20.4 Å². The number of amides is 2. The second-order valence-corrected chi connectivity index (χ2v) is 6.12. The first-order valence-corrected chi connectivity index (χ1v) is 8.84. The Balaban J connectivity index is 1.35. The topological polar surface area (TPSA) is 112 Å². The average molecular weight is 400 g/mol. The molecule has 1 aliphatic heterocycles. The van der Waals surface area contributed by atoms with Crippen LogP contribution in [0.1, 0.15) is 5.56 Å². The third-order valence-corrected chi connectivity index (χ3v) is 3.93. The van der Waals surface area contributed by atoms with E-state index in [0.29, 0.717) is 17.2 Å². The van der Waals surface area contributed by atoms with Gasteiger partial charge in [0.25, 0.3) is 11.8 Å². The number of hydrazine groups is 1. The Bertz CT molecular complexity index is 900. The van der Waals surface area contributed by atoms with Gasteiger partial charge in [0, 0.05) is 0 Å². The average Bonchev–Trinajstić information content (AvgIpc) is 2.75. The highest BCUT2D eigenvalue weighted by atomic mass is 16.6. The molecule has 0 aliphatic carbocycles. The van der Waals surface area contributed by atoms with Gasteiger partial charge >= 0.3 is 5.97 Å². The summed E-state index contributed by atoms with van der Waals surface area (Å²) in [6.45, 7) is 0.943. The molecule has 2 aromatic rings. The van der Waals surface area contributed by atoms with Crippen LogP contribution in [0.2, 0.25) is 0 Å². The van der Waals surface area contributed by atoms with Crippen molar-refractivity contribution in [2.45, 2.75) is 13.0 Å². The molecule has 152 valence electrons. The van der Waals surface area contributed by atoms with Gasteiger partial charge in [-0.15, -0.1) is 0 Å². The Morgan fingerprint density at radius 2 is 1.72 bits per heavy atom. The minimum Gasteiger partial charge on any atom is -0.485 e. The van der Waals surface area contributed by atoms with E-state index in [1.807, 2.05) is 19.1 Å². The molecule has 0 fully saturated rings. The zero-order valence-electron chi connectivity index (χ0n) is 15.7. The van der Waals surface area contributed by atoms with E-state index in [2.05, 4.69) is 10.9 Å². The number of fused-ring (bicyclic) bond motifs is 1. The number of nitrogens with one attached hydrogen (secondary N) is 2. The lowest BCUT2D eigenvalue weighted by atomic mass is 10.2. The summed E-state index contributed by atoms with van der Waals surface area (Å²) in [5, 5.41) is 0. The molecule has 0 saturated heterocycles. The van der Waals surface area contributed by atoms with Crippen LogP contribution >= 0.6 is 0 Å². The number of carbonyl (C=O) groups excluding carboxylic acids is 3. The van der Waals surface area contributed by atoms with Gasteiger partial charge in [0.15, 0.2) is 24.7 Å². The van der Waals surface area contributed by atoms with Crippen LogP contribution in [0.5, 0.6) is 17.2 Å². The van der Waals surface area contributed by atoms with Crippen LogP contribution in [0.4, 0.5) is 0 Å². The molecule has 0 aromatic heterocycles. The first-order valence-electron chi connectivity index (χ1n) is 8.84. The Kier molecular flexibility index (Phi) is 6.51. The van der Waals surface area contributed by atoms with Crippen LogP contribution in [-0.4, -0.2) is 43.7 Å². The molecule has 0 radical (unpaired) electrons. The molecule has 3 rings (SSSR count). The van der Waals surface area contributed by atoms with E-state index in [9.17, 15) is 14.4 Å². The molecule has 1 heterocycles. The van der Waals surface area contributed by atoms with Crippen LogP contribution < -0.4 is 25.1 Å². The molecule has 9 nitrogen and oxygen atoms in total. The van der Waals surface area contributed by atoms with Crippen molar-refractivity contribution < 1.29 is 33.3 Å². The number of hydrogen-bond donors (Lipinski definition) is 2. The Hall–Kier alpha value is -3.75. The molecule has 2 aromatic carbocycles. The summed E-state index contributed by atoms with van der Waals surface area (Å²) in [5.74, 6) is -0.484. The first-order chi connectivity index (χ1) is 14.0. The SMILES string of the molecule is Cc1ccccc1OCC(=O)OCC(=O)NNC(=O)[C@@H]1COc2ccccc2O1. The molecule has 2 amide bonds. The van der Waals surface area contributed by atoms with Crippen molar-refractivity contribution in [1.29, 1.82) is 0 Å². The highest BCUT2D eigenvalue weighted by molar-refractivity contribution is 5.86. The summed E-state index contributed by atoms with van der Waals surface area (Å²) in [5.41, 5.74) is 5.23. The molecule has 0 spiro atoms. The third kappa shape index (κ3) is 5.61. The standard InChI is InChI=1S/C20H20N2O7/c1-13-6-2-3-7-14(13)27-12-19(24)28-11-18(23)21-22-20(25)17-10-26-15-8-4-5-9-16(15)29-17/h2-9,17H,10-12H2,1H3,(H,21,23)(H,22,25)/t17-/m0/s1. The van der Waals surface area contributed by atoms with E-state index >= 15 is 0 Å². The Morgan fingerprint density at radius 3 is 2.52 bits per heavy atom. The number of esters is 1. The molecule has 29 heavy (non-hydrogen) atoms. The maximum absolute atomic E-state index is 12.1. The zero-order chi connectivity index (χ0) is 20.6. The highest BCUT2D eigenvalue weighted by Gasteiger charge is 2.27. The van der Waals surface area contributed by atoms with Gasteiger partial charge in [-0.2, -0.15) is 0 Å². The molecular formula is C20H20N2O7. The Labute approximate surface area is 166 Å². The summed E-state index contributed by atoms with van der Waals surface area (Å²) >= 11 is 0. The summed E-state index contributed by atoms with van der Waals surface area (Å²) in [4.78, 5) is 35.5. The second-order valence-electron chi connectivity index (χ2n) is 6.12. The van der Waals surface area contributed by atoms with Gasteiger partial charge in [0.1, 0.15) is 12.4 Å². The number of rotatable bonds is 6. The largest absolute Gasteiger partial charge is 0.485 e. The number of ether oxygens (including phenoxy) is 4. The van der Waals surface area contributed by atoms with Gasteiger partial charge < -0.3 is 18.9 Å². The lowest BCUT2D eigenvalue weighted by Crippen LogP contribution is -2.51. The molecular weight excluding hydrogens is 380 g/mol. The summed E-state index contributed by atoms with van der Waals surface area (Å²) in [6.07, 6.45) is -0.921. The van der Waals surface area contributed by atoms with E-state index in [0.717, 1.165) is 5.56 Å². The zero-order valence-corrected chi connectivity index (χ0v) is 15.7. The van der Waals surface area contributed by atoms with Crippen molar-refractivity contribution in [1.82, 2.24) is 10.9 Å². The lowest BCUT2D eigenvalue weighted by Gasteiger charge is -2.25. The van der Waals surface area contributed by atoms with E-state index < -0.39 is 30.5 Å². The molecule has 0 saturated carbocycles.